The van der Waals surface area contributed by atoms with Gasteiger partial charge in [-0.05, 0) is 43.9 Å². The van der Waals surface area contributed by atoms with Crippen molar-refractivity contribution in [1.82, 2.24) is 15.1 Å². The number of unbranched alkanes of at least 4 members (excludes halogenated alkanes) is 1. The maximum absolute atomic E-state index is 12.7. The van der Waals surface area contributed by atoms with Gasteiger partial charge in [-0.3, -0.25) is 14.9 Å². The largest absolute Gasteiger partial charge is 0.494 e. The van der Waals surface area contributed by atoms with Crippen LogP contribution >= 0.6 is 0 Å². The van der Waals surface area contributed by atoms with Crippen molar-refractivity contribution in [1.29, 1.82) is 0 Å². The highest BCUT2D eigenvalue weighted by molar-refractivity contribution is 6.05. The van der Waals surface area contributed by atoms with Crippen molar-refractivity contribution in [3.63, 3.8) is 0 Å². The first-order chi connectivity index (χ1) is 15.1. The van der Waals surface area contributed by atoms with Crippen molar-refractivity contribution in [3.05, 3.63) is 23.8 Å². The minimum Gasteiger partial charge on any atom is -0.494 e. The number of amides is 2. The van der Waals surface area contributed by atoms with Gasteiger partial charge in [0.2, 0.25) is 17.8 Å². The van der Waals surface area contributed by atoms with Crippen LogP contribution in [0.25, 0.3) is 0 Å². The quantitative estimate of drug-likeness (QED) is 0.589. The van der Waals surface area contributed by atoms with Crippen LogP contribution in [0.1, 0.15) is 56.9 Å². The van der Waals surface area contributed by atoms with E-state index in [1.807, 2.05) is 28.0 Å². The minimum atomic E-state index is -0.0291. The highest BCUT2D eigenvalue weighted by Crippen LogP contribution is 2.30. The molecule has 2 amide bonds. The number of hydrogen-bond donors (Lipinski definition) is 2. The highest BCUT2D eigenvalue weighted by Gasteiger charge is 2.29. The fourth-order valence-corrected chi connectivity index (χ4v) is 4.65. The number of ether oxygens (including phenoxy) is 1. The molecule has 0 radical (unpaired) electrons. The lowest BCUT2D eigenvalue weighted by Crippen LogP contribution is -2.43. The average Bonchev–Trinajstić information content (AvgIpc) is 3.14. The van der Waals surface area contributed by atoms with Gasteiger partial charge in [0.05, 0.1) is 18.9 Å². The van der Waals surface area contributed by atoms with E-state index in [-0.39, 0.29) is 18.4 Å². The molecule has 4 rings (SSSR count). The van der Waals surface area contributed by atoms with E-state index in [4.69, 9.17) is 4.74 Å². The number of hydrogen-bond acceptors (Lipinski definition) is 6. The molecule has 0 atom stereocenters. The van der Waals surface area contributed by atoms with E-state index in [1.165, 1.54) is 19.3 Å². The minimum absolute atomic E-state index is 0.0247. The van der Waals surface area contributed by atoms with Gasteiger partial charge < -0.3 is 19.6 Å². The molecule has 3 aliphatic rings. The van der Waals surface area contributed by atoms with Gasteiger partial charge in [0.1, 0.15) is 12.3 Å². The van der Waals surface area contributed by atoms with E-state index in [0.29, 0.717) is 44.7 Å². The summed E-state index contributed by atoms with van der Waals surface area (Å²) in [6.07, 6.45) is 7.77. The topological polar surface area (TPSA) is 94.5 Å². The molecule has 168 valence electrons. The Morgan fingerprint density at radius 2 is 2.06 bits per heavy atom. The van der Waals surface area contributed by atoms with Crippen molar-refractivity contribution in [2.45, 2.75) is 64.0 Å². The van der Waals surface area contributed by atoms with E-state index >= 15 is 0 Å². The molecular weight excluding hydrogens is 396 g/mol. The molecule has 8 nitrogen and oxygen atoms in total. The number of carbonyl (C=O) groups is 2. The third-order valence-corrected chi connectivity index (χ3v) is 6.25. The highest BCUT2D eigenvalue weighted by atomic mass is 16.5. The predicted molar refractivity (Wildman–Crippen MR) is 117 cm³/mol. The summed E-state index contributed by atoms with van der Waals surface area (Å²) in [6, 6.07) is 6.09. The van der Waals surface area contributed by atoms with Gasteiger partial charge in [-0.2, -0.15) is 0 Å². The molecule has 0 spiro atoms. The monoisotopic (exact) mass is 428 g/mol. The molecule has 1 saturated heterocycles. The number of benzene rings is 1. The predicted octanol–water partition coefficient (Wildman–Crippen LogP) is 2.32. The van der Waals surface area contributed by atoms with Crippen molar-refractivity contribution >= 4 is 23.5 Å². The van der Waals surface area contributed by atoms with Crippen LogP contribution in [0.3, 0.4) is 0 Å². The van der Waals surface area contributed by atoms with Crippen LogP contribution in [-0.2, 0) is 16.1 Å². The molecule has 1 aromatic rings. The summed E-state index contributed by atoms with van der Waals surface area (Å²) in [5.74, 6) is 1.53. The Bertz CT molecular complexity index is 835. The molecule has 31 heavy (non-hydrogen) atoms. The molecule has 1 aromatic carbocycles. The number of carbonyl (C=O) groups excluding carboxylic acids is 2. The van der Waals surface area contributed by atoms with Crippen LogP contribution in [0.5, 0.6) is 5.75 Å². The Kier molecular flexibility index (Phi) is 7.06. The summed E-state index contributed by atoms with van der Waals surface area (Å²) >= 11 is 0. The number of fused-ring (bicyclic) bond motifs is 2. The second-order valence-corrected chi connectivity index (χ2v) is 8.54. The molecule has 1 aliphatic carbocycles. The summed E-state index contributed by atoms with van der Waals surface area (Å²) in [5.41, 5.74) is 1.90. The maximum atomic E-state index is 12.7. The number of aliphatic hydroxyl groups excluding tert-OH is 1. The first-order valence-corrected chi connectivity index (χ1v) is 11.4. The maximum Gasteiger partial charge on any atom is 0.246 e. The van der Waals surface area contributed by atoms with Gasteiger partial charge in [-0.15, -0.1) is 0 Å². The summed E-state index contributed by atoms with van der Waals surface area (Å²) in [7, 11) is 0. The third kappa shape index (κ3) is 5.36. The van der Waals surface area contributed by atoms with E-state index in [0.717, 1.165) is 42.7 Å². The molecule has 0 aromatic heterocycles. The molecule has 0 unspecified atom stereocenters. The Labute approximate surface area is 183 Å². The first kappa shape index (κ1) is 21.6. The van der Waals surface area contributed by atoms with Gasteiger partial charge in [-0.1, -0.05) is 19.3 Å². The summed E-state index contributed by atoms with van der Waals surface area (Å²) in [6.45, 7) is 1.99. The number of rotatable bonds is 9. The normalized spacial score (nSPS) is 18.2. The fraction of sp³-hybridized carbons (Fsp3) is 0.609. The summed E-state index contributed by atoms with van der Waals surface area (Å²) in [5, 5.41) is 12.1. The fourth-order valence-electron chi connectivity index (χ4n) is 4.65. The smallest absolute Gasteiger partial charge is 0.246 e. The molecule has 2 aliphatic heterocycles. The third-order valence-electron chi connectivity index (χ3n) is 6.25. The number of aliphatic hydroxyl groups is 1. The second-order valence-electron chi connectivity index (χ2n) is 8.54. The second kappa shape index (κ2) is 10.1. The Balaban J connectivity index is 1.21. The molecule has 8 heteroatoms. The molecule has 2 fully saturated rings. The van der Waals surface area contributed by atoms with Crippen molar-refractivity contribution < 1.29 is 19.4 Å². The molecular formula is C23H32N4O4. The molecule has 2 N–H and O–H groups in total. The molecule has 0 bridgehead atoms. The first-order valence-electron chi connectivity index (χ1n) is 11.4. The van der Waals surface area contributed by atoms with Crippen LogP contribution < -0.4 is 10.1 Å². The van der Waals surface area contributed by atoms with E-state index < -0.39 is 0 Å². The van der Waals surface area contributed by atoms with Crippen LogP contribution in [0.2, 0.25) is 0 Å². The van der Waals surface area contributed by atoms with Crippen LogP contribution in [0, 0.1) is 0 Å². The van der Waals surface area contributed by atoms with Gasteiger partial charge >= 0.3 is 0 Å². The zero-order chi connectivity index (χ0) is 21.6. The van der Waals surface area contributed by atoms with Gasteiger partial charge in [0, 0.05) is 31.1 Å². The Morgan fingerprint density at radius 1 is 1.23 bits per heavy atom. The summed E-state index contributed by atoms with van der Waals surface area (Å²) in [4.78, 5) is 32.5. The lowest BCUT2D eigenvalue weighted by molar-refractivity contribution is -0.135. The Morgan fingerprint density at radius 3 is 2.87 bits per heavy atom. The molecule has 2 heterocycles. The SMILES string of the molecule is O=C1CN2Cc3cc(OCCCCC(=O)N(CCO)C4CCCCC4)ccc3N=C2N1. The number of guanidine groups is 1. The zero-order valence-electron chi connectivity index (χ0n) is 18.0. The van der Waals surface area contributed by atoms with Crippen LogP contribution in [0.4, 0.5) is 5.69 Å². The zero-order valence-corrected chi connectivity index (χ0v) is 18.0. The van der Waals surface area contributed by atoms with E-state index in [1.54, 1.807) is 0 Å². The standard InChI is InChI=1S/C23H32N4O4/c28-12-11-27(18-6-2-1-3-7-18)22(30)8-4-5-13-31-19-9-10-20-17(14-19)15-26-16-21(29)25-23(26)24-20/h9-10,14,18,28H,1-8,11-13,15-16H2,(H,24,25,29). The lowest BCUT2D eigenvalue weighted by atomic mass is 9.94. The van der Waals surface area contributed by atoms with Crippen molar-refractivity contribution in [2.24, 2.45) is 4.99 Å². The van der Waals surface area contributed by atoms with E-state index in [9.17, 15) is 14.7 Å². The number of nitrogens with zero attached hydrogens (tertiary/aromatic N) is 3. The van der Waals surface area contributed by atoms with Crippen molar-refractivity contribution in [3.8, 4) is 5.75 Å². The van der Waals surface area contributed by atoms with Gasteiger partial charge in [0.25, 0.3) is 0 Å². The van der Waals surface area contributed by atoms with Gasteiger partial charge in [0.15, 0.2) is 0 Å². The Hall–Kier alpha value is -2.61. The van der Waals surface area contributed by atoms with Crippen LogP contribution in [-0.4, -0.2) is 65.0 Å². The van der Waals surface area contributed by atoms with Crippen molar-refractivity contribution in [2.75, 3.05) is 26.3 Å². The lowest BCUT2D eigenvalue weighted by Gasteiger charge is -2.34. The van der Waals surface area contributed by atoms with Crippen LogP contribution in [0.15, 0.2) is 23.2 Å². The summed E-state index contributed by atoms with van der Waals surface area (Å²) < 4.78 is 5.90. The van der Waals surface area contributed by atoms with E-state index in [2.05, 4.69) is 10.3 Å². The average molecular weight is 429 g/mol. The number of aliphatic imine (C=N–C) groups is 1. The number of nitrogens with one attached hydrogen (secondary N) is 1. The van der Waals surface area contributed by atoms with Gasteiger partial charge in [-0.25, -0.2) is 4.99 Å². The molecule has 1 saturated carbocycles.